The molecule has 1 unspecified atom stereocenters. The standard InChI is InChI=1S/C16H14Cl2N2O2S/c17-11-6-5-10(9-12(11)18)19-15(21)13-3-1-7-20(13)16(22)14-4-2-8-23-14/h2,4-6,8-9,13H,1,3,7H2,(H,19,21). The lowest BCUT2D eigenvalue weighted by Gasteiger charge is -2.23. The van der Waals surface area contributed by atoms with Crippen LogP contribution in [-0.4, -0.2) is 29.3 Å². The van der Waals surface area contributed by atoms with Crippen LogP contribution >= 0.6 is 34.5 Å². The number of hydrogen-bond donors (Lipinski definition) is 1. The minimum absolute atomic E-state index is 0.0909. The number of likely N-dealkylation sites (tertiary alicyclic amines) is 1. The highest BCUT2D eigenvalue weighted by Crippen LogP contribution is 2.27. The Balaban J connectivity index is 1.73. The summed E-state index contributed by atoms with van der Waals surface area (Å²) in [5, 5.41) is 5.47. The van der Waals surface area contributed by atoms with E-state index < -0.39 is 6.04 Å². The first-order valence-electron chi connectivity index (χ1n) is 7.16. The van der Waals surface area contributed by atoms with Crippen molar-refractivity contribution in [2.24, 2.45) is 0 Å². The van der Waals surface area contributed by atoms with Crippen molar-refractivity contribution in [2.45, 2.75) is 18.9 Å². The summed E-state index contributed by atoms with van der Waals surface area (Å²) >= 11 is 13.2. The topological polar surface area (TPSA) is 49.4 Å². The Labute approximate surface area is 148 Å². The molecule has 2 amide bonds. The Morgan fingerprint density at radius 1 is 1.22 bits per heavy atom. The van der Waals surface area contributed by atoms with Crippen LogP contribution in [0.25, 0.3) is 0 Å². The minimum atomic E-state index is -0.459. The number of carbonyl (C=O) groups excluding carboxylic acids is 2. The van der Waals surface area contributed by atoms with Gasteiger partial charge in [0.1, 0.15) is 6.04 Å². The number of nitrogens with one attached hydrogen (secondary N) is 1. The van der Waals surface area contributed by atoms with Crippen molar-refractivity contribution in [3.8, 4) is 0 Å². The van der Waals surface area contributed by atoms with Crippen molar-refractivity contribution < 1.29 is 9.59 Å². The molecule has 1 aliphatic rings. The third-order valence-corrected chi connectivity index (χ3v) is 5.33. The molecule has 0 spiro atoms. The molecule has 1 N–H and O–H groups in total. The van der Waals surface area contributed by atoms with Gasteiger partial charge < -0.3 is 10.2 Å². The third-order valence-electron chi connectivity index (χ3n) is 3.74. The summed E-state index contributed by atoms with van der Waals surface area (Å²) in [5.74, 6) is -0.294. The first kappa shape index (κ1) is 16.3. The van der Waals surface area contributed by atoms with E-state index in [4.69, 9.17) is 23.2 Å². The number of hydrogen-bond acceptors (Lipinski definition) is 3. The molecule has 120 valence electrons. The number of carbonyl (C=O) groups is 2. The minimum Gasteiger partial charge on any atom is -0.326 e. The van der Waals surface area contributed by atoms with Crippen LogP contribution in [-0.2, 0) is 4.79 Å². The SMILES string of the molecule is O=C(Nc1ccc(Cl)c(Cl)c1)C1CCCN1C(=O)c1cccs1. The molecule has 2 aromatic rings. The number of amides is 2. The lowest BCUT2D eigenvalue weighted by Crippen LogP contribution is -2.42. The van der Waals surface area contributed by atoms with E-state index in [0.29, 0.717) is 33.6 Å². The van der Waals surface area contributed by atoms with Crippen molar-refractivity contribution >= 4 is 52.0 Å². The smallest absolute Gasteiger partial charge is 0.264 e. The van der Waals surface area contributed by atoms with Crippen LogP contribution < -0.4 is 5.32 Å². The van der Waals surface area contributed by atoms with E-state index in [1.54, 1.807) is 29.2 Å². The zero-order chi connectivity index (χ0) is 16.4. The van der Waals surface area contributed by atoms with E-state index >= 15 is 0 Å². The lowest BCUT2D eigenvalue weighted by atomic mass is 10.2. The summed E-state index contributed by atoms with van der Waals surface area (Å²) in [7, 11) is 0. The van der Waals surface area contributed by atoms with Gasteiger partial charge in [0, 0.05) is 12.2 Å². The van der Waals surface area contributed by atoms with Crippen LogP contribution in [0.2, 0.25) is 10.0 Å². The van der Waals surface area contributed by atoms with Gasteiger partial charge in [0.05, 0.1) is 14.9 Å². The molecule has 1 saturated heterocycles. The van der Waals surface area contributed by atoms with Gasteiger partial charge in [0.2, 0.25) is 5.91 Å². The second-order valence-electron chi connectivity index (χ2n) is 5.25. The fraction of sp³-hybridized carbons (Fsp3) is 0.250. The zero-order valence-corrected chi connectivity index (χ0v) is 14.4. The van der Waals surface area contributed by atoms with Gasteiger partial charge in [-0.05, 0) is 42.5 Å². The fourth-order valence-corrected chi connectivity index (χ4v) is 3.60. The molecule has 1 atom stereocenters. The molecular formula is C16H14Cl2N2O2S. The molecule has 0 saturated carbocycles. The highest BCUT2D eigenvalue weighted by molar-refractivity contribution is 7.12. The van der Waals surface area contributed by atoms with Crippen molar-refractivity contribution in [3.05, 3.63) is 50.6 Å². The molecule has 1 fully saturated rings. The molecule has 1 aromatic carbocycles. The van der Waals surface area contributed by atoms with Gasteiger partial charge in [0.15, 0.2) is 0 Å². The van der Waals surface area contributed by atoms with Gasteiger partial charge in [-0.1, -0.05) is 29.3 Å². The molecule has 0 aliphatic carbocycles. The second-order valence-corrected chi connectivity index (χ2v) is 7.01. The fourth-order valence-electron chi connectivity index (χ4n) is 2.62. The van der Waals surface area contributed by atoms with E-state index in [9.17, 15) is 9.59 Å². The van der Waals surface area contributed by atoms with Gasteiger partial charge in [-0.25, -0.2) is 0 Å². The molecule has 0 bridgehead atoms. The van der Waals surface area contributed by atoms with Crippen LogP contribution in [0.4, 0.5) is 5.69 Å². The van der Waals surface area contributed by atoms with E-state index in [-0.39, 0.29) is 11.8 Å². The molecule has 1 aliphatic heterocycles. The first-order chi connectivity index (χ1) is 11.1. The lowest BCUT2D eigenvalue weighted by molar-refractivity contribution is -0.119. The number of nitrogens with zero attached hydrogens (tertiary/aromatic N) is 1. The molecular weight excluding hydrogens is 355 g/mol. The number of halogens is 2. The summed E-state index contributed by atoms with van der Waals surface area (Å²) in [5.41, 5.74) is 0.569. The maximum absolute atomic E-state index is 12.5. The Morgan fingerprint density at radius 3 is 2.74 bits per heavy atom. The largest absolute Gasteiger partial charge is 0.326 e. The Hall–Kier alpha value is -1.56. The van der Waals surface area contributed by atoms with E-state index in [1.807, 2.05) is 11.4 Å². The van der Waals surface area contributed by atoms with Crippen molar-refractivity contribution in [2.75, 3.05) is 11.9 Å². The summed E-state index contributed by atoms with van der Waals surface area (Å²) in [4.78, 5) is 27.3. The monoisotopic (exact) mass is 368 g/mol. The van der Waals surface area contributed by atoms with E-state index in [2.05, 4.69) is 5.32 Å². The number of thiophene rings is 1. The summed E-state index contributed by atoms with van der Waals surface area (Å²) in [6.07, 6.45) is 1.47. The summed E-state index contributed by atoms with van der Waals surface area (Å²) in [6, 6.07) is 8.06. The van der Waals surface area contributed by atoms with Crippen LogP contribution in [0, 0.1) is 0 Å². The van der Waals surface area contributed by atoms with Crippen molar-refractivity contribution in [3.63, 3.8) is 0 Å². The molecule has 0 radical (unpaired) electrons. The molecule has 7 heteroatoms. The molecule has 4 nitrogen and oxygen atoms in total. The predicted octanol–water partition coefficient (Wildman–Crippen LogP) is 4.30. The van der Waals surface area contributed by atoms with Crippen LogP contribution in [0.3, 0.4) is 0 Å². The Kier molecular flexibility index (Phi) is 4.90. The van der Waals surface area contributed by atoms with Gasteiger partial charge >= 0.3 is 0 Å². The number of benzene rings is 1. The zero-order valence-electron chi connectivity index (χ0n) is 12.1. The van der Waals surface area contributed by atoms with Crippen LogP contribution in [0.15, 0.2) is 35.7 Å². The average molecular weight is 369 g/mol. The second kappa shape index (κ2) is 6.91. The Morgan fingerprint density at radius 2 is 2.04 bits per heavy atom. The van der Waals surface area contributed by atoms with Gasteiger partial charge in [0.25, 0.3) is 5.91 Å². The van der Waals surface area contributed by atoms with Crippen LogP contribution in [0.5, 0.6) is 0 Å². The Bertz CT molecular complexity index is 734. The van der Waals surface area contributed by atoms with Crippen molar-refractivity contribution in [1.29, 1.82) is 0 Å². The highest BCUT2D eigenvalue weighted by atomic mass is 35.5. The van der Waals surface area contributed by atoms with Crippen molar-refractivity contribution in [1.82, 2.24) is 4.90 Å². The quantitative estimate of drug-likeness (QED) is 0.877. The predicted molar refractivity (Wildman–Crippen MR) is 93.5 cm³/mol. The third kappa shape index (κ3) is 3.52. The normalized spacial score (nSPS) is 17.3. The average Bonchev–Trinajstić information content (AvgIpc) is 3.21. The summed E-state index contributed by atoms with van der Waals surface area (Å²) in [6.45, 7) is 0.593. The van der Waals surface area contributed by atoms with Gasteiger partial charge in [-0.15, -0.1) is 11.3 Å². The van der Waals surface area contributed by atoms with Gasteiger partial charge in [-0.2, -0.15) is 0 Å². The number of anilines is 1. The maximum atomic E-state index is 12.5. The molecule has 2 heterocycles. The highest BCUT2D eigenvalue weighted by Gasteiger charge is 2.34. The molecule has 3 rings (SSSR count). The van der Waals surface area contributed by atoms with E-state index in [1.165, 1.54) is 11.3 Å². The van der Waals surface area contributed by atoms with E-state index in [0.717, 1.165) is 6.42 Å². The maximum Gasteiger partial charge on any atom is 0.264 e. The summed E-state index contributed by atoms with van der Waals surface area (Å²) < 4.78 is 0. The first-order valence-corrected chi connectivity index (χ1v) is 8.80. The van der Waals surface area contributed by atoms with Gasteiger partial charge in [-0.3, -0.25) is 9.59 Å². The van der Waals surface area contributed by atoms with Crippen LogP contribution in [0.1, 0.15) is 22.5 Å². The number of rotatable bonds is 3. The molecule has 1 aromatic heterocycles. The molecule has 23 heavy (non-hydrogen) atoms.